The second kappa shape index (κ2) is 10.7. The van der Waals surface area contributed by atoms with Crippen LogP contribution in [0.4, 0.5) is 11.4 Å². The first kappa shape index (κ1) is 23.2. The molecule has 8 nitrogen and oxygen atoms in total. The lowest BCUT2D eigenvalue weighted by atomic mass is 10.1. The SMILES string of the molecule is CNc1cc2nc(c1)C(C)=NCCN=C(C)c1cc(NC)cc(n1)C(C)=NCCN=C2C. The van der Waals surface area contributed by atoms with E-state index < -0.39 is 0 Å². The molecule has 168 valence electrons. The second-order valence-corrected chi connectivity index (χ2v) is 7.62. The van der Waals surface area contributed by atoms with Crippen LogP contribution in [0.3, 0.4) is 0 Å². The minimum atomic E-state index is 0.579. The van der Waals surface area contributed by atoms with Crippen LogP contribution in [-0.2, 0) is 0 Å². The Kier molecular flexibility index (Phi) is 7.81. The Balaban J connectivity index is 2.03. The van der Waals surface area contributed by atoms with E-state index in [0.717, 1.165) is 57.0 Å². The van der Waals surface area contributed by atoms with Crippen molar-refractivity contribution in [1.29, 1.82) is 0 Å². The van der Waals surface area contributed by atoms with Crippen molar-refractivity contribution in [3.63, 3.8) is 0 Å². The highest BCUT2D eigenvalue weighted by molar-refractivity contribution is 6.03. The Morgan fingerprint density at radius 2 is 0.750 bits per heavy atom. The normalized spacial score (nSPS) is 15.4. The third kappa shape index (κ3) is 5.84. The Morgan fingerprint density at radius 1 is 0.500 bits per heavy atom. The van der Waals surface area contributed by atoms with Crippen molar-refractivity contribution in [1.82, 2.24) is 9.97 Å². The molecule has 2 aromatic heterocycles. The van der Waals surface area contributed by atoms with Gasteiger partial charge in [0.25, 0.3) is 0 Å². The zero-order valence-electron chi connectivity index (χ0n) is 19.8. The topological polar surface area (TPSA) is 99.3 Å². The van der Waals surface area contributed by atoms with Crippen LogP contribution in [0.5, 0.6) is 0 Å². The van der Waals surface area contributed by atoms with Gasteiger partial charge in [0.1, 0.15) is 0 Å². The molecule has 0 spiro atoms. The molecule has 3 heterocycles. The molecular formula is C24H32N8. The van der Waals surface area contributed by atoms with Crippen LogP contribution in [0.15, 0.2) is 44.2 Å². The fourth-order valence-corrected chi connectivity index (χ4v) is 3.29. The van der Waals surface area contributed by atoms with Gasteiger partial charge in [-0.05, 0) is 52.0 Å². The number of nitrogens with zero attached hydrogens (tertiary/aromatic N) is 6. The van der Waals surface area contributed by atoms with E-state index in [9.17, 15) is 0 Å². The molecule has 0 atom stereocenters. The van der Waals surface area contributed by atoms with Gasteiger partial charge in [-0.1, -0.05) is 0 Å². The lowest BCUT2D eigenvalue weighted by molar-refractivity contribution is 0.963. The number of fused-ring (bicyclic) bond motifs is 4. The number of rotatable bonds is 2. The maximum Gasteiger partial charge on any atom is 0.0865 e. The van der Waals surface area contributed by atoms with Crippen LogP contribution in [0.2, 0.25) is 0 Å². The summed E-state index contributed by atoms with van der Waals surface area (Å²) in [6, 6.07) is 8.02. The van der Waals surface area contributed by atoms with Gasteiger partial charge in [0.05, 0.1) is 71.8 Å². The van der Waals surface area contributed by atoms with Gasteiger partial charge in [0, 0.05) is 25.5 Å². The summed E-state index contributed by atoms with van der Waals surface area (Å²) >= 11 is 0. The molecule has 32 heavy (non-hydrogen) atoms. The molecule has 1 aliphatic rings. The Morgan fingerprint density at radius 3 is 0.969 bits per heavy atom. The molecule has 0 radical (unpaired) electrons. The average Bonchev–Trinajstić information content (AvgIpc) is 2.82. The molecule has 2 aromatic rings. The summed E-state index contributed by atoms with van der Waals surface area (Å²) in [7, 11) is 3.80. The summed E-state index contributed by atoms with van der Waals surface area (Å²) in [6.07, 6.45) is 0. The molecule has 8 heteroatoms. The van der Waals surface area contributed by atoms with E-state index in [0.29, 0.717) is 26.2 Å². The number of pyridine rings is 2. The van der Waals surface area contributed by atoms with Crippen LogP contribution >= 0.6 is 0 Å². The van der Waals surface area contributed by atoms with Crippen molar-refractivity contribution in [2.24, 2.45) is 20.0 Å². The molecule has 2 N–H and O–H groups in total. The number of hydrogen-bond donors (Lipinski definition) is 2. The van der Waals surface area contributed by atoms with Crippen LogP contribution < -0.4 is 10.6 Å². The van der Waals surface area contributed by atoms with E-state index in [-0.39, 0.29) is 0 Å². The first-order chi connectivity index (χ1) is 15.4. The molecule has 4 bridgehead atoms. The second-order valence-electron chi connectivity index (χ2n) is 7.62. The molecule has 0 fully saturated rings. The van der Waals surface area contributed by atoms with Gasteiger partial charge < -0.3 is 10.6 Å². The zero-order valence-corrected chi connectivity index (χ0v) is 19.8. The van der Waals surface area contributed by atoms with Crippen LogP contribution in [0.25, 0.3) is 0 Å². The van der Waals surface area contributed by atoms with Gasteiger partial charge in [0.2, 0.25) is 0 Å². The van der Waals surface area contributed by atoms with Gasteiger partial charge in [-0.2, -0.15) is 0 Å². The van der Waals surface area contributed by atoms with Crippen molar-refractivity contribution in [3.8, 4) is 0 Å². The minimum Gasteiger partial charge on any atom is -0.388 e. The highest BCUT2D eigenvalue weighted by Crippen LogP contribution is 2.15. The molecule has 0 unspecified atom stereocenters. The molecular weight excluding hydrogens is 400 g/mol. The highest BCUT2D eigenvalue weighted by Gasteiger charge is 2.09. The number of aliphatic imine (C=N–C) groups is 4. The van der Waals surface area contributed by atoms with Gasteiger partial charge in [-0.25, -0.2) is 9.97 Å². The van der Waals surface area contributed by atoms with E-state index in [1.54, 1.807) is 0 Å². The quantitative estimate of drug-likeness (QED) is 0.758. The fourth-order valence-electron chi connectivity index (χ4n) is 3.29. The minimum absolute atomic E-state index is 0.579. The van der Waals surface area contributed by atoms with Crippen LogP contribution in [0.1, 0.15) is 50.5 Å². The van der Waals surface area contributed by atoms with E-state index in [1.165, 1.54) is 0 Å². The first-order valence-electron chi connectivity index (χ1n) is 10.9. The van der Waals surface area contributed by atoms with Crippen molar-refractivity contribution in [2.75, 3.05) is 50.9 Å². The lowest BCUT2D eigenvalue weighted by Gasteiger charge is -2.10. The lowest BCUT2D eigenvalue weighted by Crippen LogP contribution is -2.11. The molecule has 0 saturated carbocycles. The third-order valence-corrected chi connectivity index (χ3v) is 5.31. The number of anilines is 2. The van der Waals surface area contributed by atoms with Gasteiger partial charge in [-0.15, -0.1) is 0 Å². The van der Waals surface area contributed by atoms with Gasteiger partial charge >= 0.3 is 0 Å². The molecule has 3 rings (SSSR count). The summed E-state index contributed by atoms with van der Waals surface area (Å²) < 4.78 is 0. The molecule has 0 amide bonds. The van der Waals surface area contributed by atoms with Crippen molar-refractivity contribution in [2.45, 2.75) is 27.7 Å². The third-order valence-electron chi connectivity index (χ3n) is 5.31. The molecule has 0 saturated heterocycles. The molecule has 1 aliphatic heterocycles. The first-order valence-corrected chi connectivity index (χ1v) is 10.9. The molecule has 0 aromatic carbocycles. The van der Waals surface area contributed by atoms with Crippen molar-refractivity contribution >= 4 is 34.2 Å². The average molecular weight is 433 g/mol. The van der Waals surface area contributed by atoms with Crippen molar-refractivity contribution in [3.05, 3.63) is 47.0 Å². The van der Waals surface area contributed by atoms with Gasteiger partial charge in [0.15, 0.2) is 0 Å². The van der Waals surface area contributed by atoms with Crippen molar-refractivity contribution < 1.29 is 0 Å². The maximum absolute atomic E-state index is 4.78. The fraction of sp³-hybridized carbons (Fsp3) is 0.417. The smallest absolute Gasteiger partial charge is 0.0865 e. The summed E-state index contributed by atoms with van der Waals surface area (Å²) in [5.41, 5.74) is 8.83. The highest BCUT2D eigenvalue weighted by atomic mass is 14.9. The number of nitrogens with one attached hydrogen (secondary N) is 2. The molecule has 0 aliphatic carbocycles. The summed E-state index contributed by atoms with van der Waals surface area (Å²) in [5, 5.41) is 6.41. The van der Waals surface area contributed by atoms with Gasteiger partial charge in [-0.3, -0.25) is 20.0 Å². The van der Waals surface area contributed by atoms with E-state index in [1.807, 2.05) is 66.1 Å². The predicted molar refractivity (Wildman–Crippen MR) is 136 cm³/mol. The number of hydrogen-bond acceptors (Lipinski definition) is 8. The largest absolute Gasteiger partial charge is 0.388 e. The Bertz CT molecular complexity index is 931. The predicted octanol–water partition coefficient (Wildman–Crippen LogP) is 3.51. The van der Waals surface area contributed by atoms with E-state index in [4.69, 9.17) is 29.9 Å². The standard InChI is InChI=1S/C24H32N8/c1-15-21-11-19(25-5)12-22(31-21)16(2)29-9-10-30-18(4)24-14-20(26-6)13-23(32-24)17(3)28-8-7-27-15/h11-14H,7-10H2,1-6H3,(H,25,31)(H,26,32). The monoisotopic (exact) mass is 432 g/mol. The zero-order chi connectivity index (χ0) is 23.1. The Labute approximate surface area is 190 Å². The summed E-state index contributed by atoms with van der Waals surface area (Å²) in [5.74, 6) is 0. The van der Waals surface area contributed by atoms with E-state index in [2.05, 4.69) is 10.6 Å². The Hall–Kier alpha value is -3.42. The van der Waals surface area contributed by atoms with Crippen LogP contribution in [0, 0.1) is 0 Å². The summed E-state index contributed by atoms with van der Waals surface area (Å²) in [6.45, 7) is 10.2. The maximum atomic E-state index is 4.78. The summed E-state index contributed by atoms with van der Waals surface area (Å²) in [4.78, 5) is 28.4. The number of aromatic nitrogens is 2. The van der Waals surface area contributed by atoms with E-state index >= 15 is 0 Å². The van der Waals surface area contributed by atoms with Crippen LogP contribution in [-0.4, -0.2) is 73.1 Å².